The number of rotatable bonds is 8. The molecule has 3 aromatic rings. The number of halogens is 2. The van der Waals surface area contributed by atoms with Gasteiger partial charge in [-0.2, -0.15) is 0 Å². The van der Waals surface area contributed by atoms with E-state index < -0.39 is 12.0 Å². The molecule has 0 radical (unpaired) electrons. The van der Waals surface area contributed by atoms with Crippen molar-refractivity contribution in [3.8, 4) is 0 Å². The molecule has 1 aromatic heterocycles. The average molecular weight is 545 g/mol. The highest BCUT2D eigenvalue weighted by molar-refractivity contribution is 7.18. The zero-order valence-corrected chi connectivity index (χ0v) is 21.8. The maximum atomic E-state index is 12.9. The van der Waals surface area contributed by atoms with Crippen LogP contribution in [0.1, 0.15) is 30.4 Å². The van der Waals surface area contributed by atoms with Gasteiger partial charge in [0.2, 0.25) is 11.8 Å². The number of hydrogen-bond donors (Lipinski definition) is 2. The van der Waals surface area contributed by atoms with Crippen molar-refractivity contribution < 1.29 is 19.5 Å². The van der Waals surface area contributed by atoms with Gasteiger partial charge >= 0.3 is 5.97 Å². The Labute approximate surface area is 223 Å². The number of carboxylic acid groups (broad SMARTS) is 1. The highest BCUT2D eigenvalue weighted by Crippen LogP contribution is 2.37. The van der Waals surface area contributed by atoms with Crippen LogP contribution >= 0.6 is 34.5 Å². The third-order valence-corrected chi connectivity index (χ3v) is 8.27. The van der Waals surface area contributed by atoms with Crippen LogP contribution in [0.3, 0.4) is 0 Å². The first-order chi connectivity index (χ1) is 17.3. The fraction of sp³-hybridized carbons (Fsp3) is 0.296. The van der Waals surface area contributed by atoms with Crippen LogP contribution in [0.4, 0.5) is 0 Å². The summed E-state index contributed by atoms with van der Waals surface area (Å²) in [6, 6.07) is 12.9. The first kappa shape index (κ1) is 26.2. The van der Waals surface area contributed by atoms with Gasteiger partial charge in [-0.15, -0.1) is 11.3 Å². The third kappa shape index (κ3) is 6.46. The van der Waals surface area contributed by atoms with Crippen molar-refractivity contribution in [1.29, 1.82) is 0 Å². The number of hydrogen-bond acceptors (Lipinski definition) is 4. The lowest BCUT2D eigenvalue weighted by atomic mass is 9.94. The van der Waals surface area contributed by atoms with Crippen LogP contribution in [-0.2, 0) is 20.8 Å². The van der Waals surface area contributed by atoms with Gasteiger partial charge in [0, 0.05) is 31.1 Å². The van der Waals surface area contributed by atoms with E-state index in [9.17, 15) is 19.5 Å². The summed E-state index contributed by atoms with van der Waals surface area (Å²) in [5.74, 6) is -1.54. The molecule has 36 heavy (non-hydrogen) atoms. The number of carboxylic acids is 1. The summed E-state index contributed by atoms with van der Waals surface area (Å²) in [5, 5.41) is 16.0. The van der Waals surface area contributed by atoms with Crippen LogP contribution in [0, 0.1) is 5.92 Å². The summed E-state index contributed by atoms with van der Waals surface area (Å²) in [7, 11) is 0. The molecule has 0 saturated carbocycles. The van der Waals surface area contributed by atoms with Crippen LogP contribution in [0.5, 0.6) is 0 Å². The Kier molecular flexibility index (Phi) is 8.67. The Morgan fingerprint density at radius 3 is 2.53 bits per heavy atom. The maximum Gasteiger partial charge on any atom is 0.305 e. The highest BCUT2D eigenvalue weighted by atomic mass is 35.5. The van der Waals surface area contributed by atoms with E-state index in [0.717, 1.165) is 15.6 Å². The molecular formula is C27H26Cl2N2O4S. The van der Waals surface area contributed by atoms with Crippen LogP contribution in [0.25, 0.3) is 16.2 Å². The summed E-state index contributed by atoms with van der Waals surface area (Å²) >= 11 is 14.3. The van der Waals surface area contributed by atoms with E-state index in [0.29, 0.717) is 48.0 Å². The maximum absolute atomic E-state index is 12.9. The number of carbonyl (C=O) groups is 3. The Bertz CT molecular complexity index is 1280. The molecule has 2 aromatic carbocycles. The minimum atomic E-state index is -0.956. The largest absolute Gasteiger partial charge is 0.481 e. The lowest BCUT2D eigenvalue weighted by Crippen LogP contribution is -2.46. The number of aliphatic carboxylic acids is 1. The normalized spacial score (nSPS) is 15.3. The highest BCUT2D eigenvalue weighted by Gasteiger charge is 2.28. The van der Waals surface area contributed by atoms with Crippen molar-refractivity contribution in [2.75, 3.05) is 13.1 Å². The number of amides is 2. The number of thiophene rings is 1. The topological polar surface area (TPSA) is 86.7 Å². The van der Waals surface area contributed by atoms with E-state index in [1.165, 1.54) is 17.4 Å². The molecule has 6 nitrogen and oxygen atoms in total. The number of benzene rings is 2. The van der Waals surface area contributed by atoms with Crippen molar-refractivity contribution in [1.82, 2.24) is 10.2 Å². The molecule has 2 heterocycles. The zero-order valence-electron chi connectivity index (χ0n) is 19.5. The Morgan fingerprint density at radius 1 is 1.11 bits per heavy atom. The molecule has 1 aliphatic heterocycles. The number of carbonyl (C=O) groups excluding carboxylic acids is 2. The number of nitrogens with zero attached hydrogens (tertiary/aromatic N) is 1. The molecule has 4 rings (SSSR count). The zero-order chi connectivity index (χ0) is 25.7. The van der Waals surface area contributed by atoms with Crippen LogP contribution in [-0.4, -0.2) is 46.9 Å². The monoisotopic (exact) mass is 544 g/mol. The lowest BCUT2D eigenvalue weighted by Gasteiger charge is -2.31. The van der Waals surface area contributed by atoms with Crippen molar-refractivity contribution >= 4 is 68.5 Å². The summed E-state index contributed by atoms with van der Waals surface area (Å²) in [6.07, 6.45) is 4.50. The van der Waals surface area contributed by atoms with Gasteiger partial charge in [0.1, 0.15) is 0 Å². The molecule has 2 N–H and O–H groups in total. The van der Waals surface area contributed by atoms with E-state index in [1.807, 2.05) is 47.8 Å². The summed E-state index contributed by atoms with van der Waals surface area (Å²) in [5.41, 5.74) is 1.65. The fourth-order valence-electron chi connectivity index (χ4n) is 4.42. The second-order valence-electron chi connectivity index (χ2n) is 8.86. The van der Waals surface area contributed by atoms with E-state index in [4.69, 9.17) is 23.2 Å². The molecular weight excluding hydrogens is 519 g/mol. The molecule has 9 heteroatoms. The lowest BCUT2D eigenvalue weighted by molar-refractivity contribution is -0.138. The second kappa shape index (κ2) is 11.9. The molecule has 0 unspecified atom stereocenters. The Balaban J connectivity index is 1.32. The molecule has 1 aliphatic rings. The van der Waals surface area contributed by atoms with Gasteiger partial charge in [0.15, 0.2) is 0 Å². The molecule has 188 valence electrons. The van der Waals surface area contributed by atoms with Crippen LogP contribution < -0.4 is 5.32 Å². The first-order valence-corrected chi connectivity index (χ1v) is 13.3. The van der Waals surface area contributed by atoms with Gasteiger partial charge in [-0.3, -0.25) is 14.4 Å². The Hall–Kier alpha value is -2.87. The number of nitrogens with one attached hydrogen (secondary N) is 1. The van der Waals surface area contributed by atoms with Crippen LogP contribution in [0.15, 0.2) is 53.9 Å². The quantitative estimate of drug-likeness (QED) is 0.358. The SMILES string of the molecule is O=C(O)C[C@H](Cc1ccccc1)NC(=O)C1CCN(C(=O)/C=C/c2cc3ccsc3c(Cl)c2Cl)CC1. The minimum Gasteiger partial charge on any atom is -0.481 e. The van der Waals surface area contributed by atoms with Gasteiger partial charge in [-0.05, 0) is 59.4 Å². The number of piperidine rings is 1. The predicted octanol–water partition coefficient (Wildman–Crippen LogP) is 5.66. The van der Waals surface area contributed by atoms with Crippen molar-refractivity contribution in [2.24, 2.45) is 5.92 Å². The van der Waals surface area contributed by atoms with E-state index in [2.05, 4.69) is 5.32 Å². The third-order valence-electron chi connectivity index (χ3n) is 6.33. The number of fused-ring (bicyclic) bond motifs is 1. The van der Waals surface area contributed by atoms with E-state index in [1.54, 1.807) is 11.0 Å². The van der Waals surface area contributed by atoms with Gasteiger partial charge < -0.3 is 15.3 Å². The molecule has 0 bridgehead atoms. The molecule has 0 aliphatic carbocycles. The summed E-state index contributed by atoms with van der Waals surface area (Å²) < 4.78 is 0.917. The summed E-state index contributed by atoms with van der Waals surface area (Å²) in [4.78, 5) is 38.7. The molecule has 2 amide bonds. The number of likely N-dealkylation sites (tertiary alicyclic amines) is 1. The van der Waals surface area contributed by atoms with Crippen molar-refractivity contribution in [2.45, 2.75) is 31.7 Å². The molecule has 1 atom stereocenters. The van der Waals surface area contributed by atoms with E-state index in [-0.39, 0.29) is 24.2 Å². The Morgan fingerprint density at radius 2 is 1.83 bits per heavy atom. The van der Waals surface area contributed by atoms with E-state index >= 15 is 0 Å². The molecule has 0 spiro atoms. The standard InChI is InChI=1S/C27H26Cl2N2O4S/c28-24-19(15-20-10-13-36-26(20)25(24)29)6-7-22(32)31-11-8-18(9-12-31)27(35)30-21(16-23(33)34)14-17-4-2-1-3-5-17/h1-7,10,13,15,18,21H,8-9,11-12,14,16H2,(H,30,35)(H,33,34)/b7-6+/t21-/m0/s1. The summed E-state index contributed by atoms with van der Waals surface area (Å²) in [6.45, 7) is 0.892. The van der Waals surface area contributed by atoms with Gasteiger partial charge in [0.25, 0.3) is 0 Å². The predicted molar refractivity (Wildman–Crippen MR) is 145 cm³/mol. The van der Waals surface area contributed by atoms with Gasteiger partial charge in [0.05, 0.1) is 21.2 Å². The van der Waals surface area contributed by atoms with Gasteiger partial charge in [-0.25, -0.2) is 0 Å². The molecule has 1 fully saturated rings. The molecule has 1 saturated heterocycles. The van der Waals surface area contributed by atoms with Gasteiger partial charge in [-0.1, -0.05) is 53.5 Å². The average Bonchev–Trinajstić information content (AvgIpc) is 3.34. The second-order valence-corrected chi connectivity index (χ2v) is 10.5. The smallest absolute Gasteiger partial charge is 0.305 e. The fourth-order valence-corrected chi connectivity index (χ4v) is 5.86. The minimum absolute atomic E-state index is 0.146. The van der Waals surface area contributed by atoms with Crippen molar-refractivity contribution in [3.05, 3.63) is 75.1 Å². The van der Waals surface area contributed by atoms with Crippen LogP contribution in [0.2, 0.25) is 10.0 Å². The first-order valence-electron chi connectivity index (χ1n) is 11.7. The van der Waals surface area contributed by atoms with Crippen molar-refractivity contribution in [3.63, 3.8) is 0 Å².